The fraction of sp³-hybridized carbons (Fsp3) is 0.625. The molecule has 1 aromatic heterocycles. The number of piperidine rings is 1. The molecule has 0 radical (unpaired) electrons. The maximum Gasteiger partial charge on any atom is 0.228 e. The summed E-state index contributed by atoms with van der Waals surface area (Å²) >= 11 is 0. The summed E-state index contributed by atoms with van der Waals surface area (Å²) < 4.78 is 0. The first-order valence-electron chi connectivity index (χ1n) is 7.63. The SMILES string of the molecule is CCCN(C(=O)Cc1ncccc1C)C1CCNCC1. The van der Waals surface area contributed by atoms with Crippen molar-refractivity contribution in [1.82, 2.24) is 15.2 Å². The van der Waals surface area contributed by atoms with Crippen molar-refractivity contribution in [3.05, 3.63) is 29.6 Å². The van der Waals surface area contributed by atoms with E-state index in [-0.39, 0.29) is 5.91 Å². The van der Waals surface area contributed by atoms with Crippen LogP contribution < -0.4 is 5.32 Å². The summed E-state index contributed by atoms with van der Waals surface area (Å²) in [5, 5.41) is 3.36. The van der Waals surface area contributed by atoms with Gasteiger partial charge in [-0.1, -0.05) is 13.0 Å². The van der Waals surface area contributed by atoms with E-state index in [0.29, 0.717) is 12.5 Å². The summed E-state index contributed by atoms with van der Waals surface area (Å²) in [6, 6.07) is 4.33. The smallest absolute Gasteiger partial charge is 0.228 e. The van der Waals surface area contributed by atoms with Gasteiger partial charge in [0.15, 0.2) is 0 Å². The second-order valence-corrected chi connectivity index (χ2v) is 5.51. The lowest BCUT2D eigenvalue weighted by Crippen LogP contribution is -2.47. The maximum absolute atomic E-state index is 12.6. The quantitative estimate of drug-likeness (QED) is 0.893. The second-order valence-electron chi connectivity index (χ2n) is 5.51. The van der Waals surface area contributed by atoms with Crippen LogP contribution in [0.15, 0.2) is 18.3 Å². The minimum atomic E-state index is 0.223. The molecular formula is C16H25N3O. The van der Waals surface area contributed by atoms with Crippen LogP contribution in [0.4, 0.5) is 0 Å². The van der Waals surface area contributed by atoms with Crippen molar-refractivity contribution in [1.29, 1.82) is 0 Å². The molecule has 1 aliphatic rings. The Bertz CT molecular complexity index is 441. The monoisotopic (exact) mass is 275 g/mol. The van der Waals surface area contributed by atoms with E-state index in [9.17, 15) is 4.79 Å². The van der Waals surface area contributed by atoms with Crippen LogP contribution in [0.25, 0.3) is 0 Å². The minimum absolute atomic E-state index is 0.223. The molecule has 4 nitrogen and oxygen atoms in total. The zero-order valence-electron chi connectivity index (χ0n) is 12.6. The number of aryl methyl sites for hydroxylation is 1. The fourth-order valence-electron chi connectivity index (χ4n) is 2.82. The summed E-state index contributed by atoms with van der Waals surface area (Å²) in [6.07, 6.45) is 5.33. The molecular weight excluding hydrogens is 250 g/mol. The van der Waals surface area contributed by atoms with Crippen LogP contribution in [0.2, 0.25) is 0 Å². The molecule has 1 saturated heterocycles. The molecule has 1 fully saturated rings. The molecule has 0 aliphatic carbocycles. The van der Waals surface area contributed by atoms with Gasteiger partial charge >= 0.3 is 0 Å². The Morgan fingerprint density at radius 3 is 2.85 bits per heavy atom. The van der Waals surface area contributed by atoms with Gasteiger partial charge in [0.25, 0.3) is 0 Å². The van der Waals surface area contributed by atoms with Crippen LogP contribution in [-0.4, -0.2) is 41.5 Å². The molecule has 0 bridgehead atoms. The summed E-state index contributed by atoms with van der Waals surface area (Å²) in [7, 11) is 0. The zero-order valence-corrected chi connectivity index (χ0v) is 12.6. The number of hydrogen-bond donors (Lipinski definition) is 1. The molecule has 0 unspecified atom stereocenters. The molecule has 0 saturated carbocycles. The first kappa shape index (κ1) is 15.0. The van der Waals surface area contributed by atoms with Gasteiger partial charge in [-0.05, 0) is 50.9 Å². The van der Waals surface area contributed by atoms with E-state index in [1.165, 1.54) is 0 Å². The lowest BCUT2D eigenvalue weighted by molar-refractivity contribution is -0.133. The van der Waals surface area contributed by atoms with Crippen molar-refractivity contribution in [2.75, 3.05) is 19.6 Å². The van der Waals surface area contributed by atoms with E-state index >= 15 is 0 Å². The average Bonchev–Trinajstić information content (AvgIpc) is 2.48. The van der Waals surface area contributed by atoms with Gasteiger partial charge in [0.1, 0.15) is 0 Å². The normalized spacial score (nSPS) is 16.1. The number of carbonyl (C=O) groups excluding carboxylic acids is 1. The van der Waals surface area contributed by atoms with Gasteiger partial charge in [-0.25, -0.2) is 0 Å². The van der Waals surface area contributed by atoms with E-state index in [1.54, 1.807) is 6.20 Å². The van der Waals surface area contributed by atoms with Crippen LogP contribution in [-0.2, 0) is 11.2 Å². The Kier molecular flexibility index (Phi) is 5.53. The molecule has 0 spiro atoms. The highest BCUT2D eigenvalue weighted by atomic mass is 16.2. The van der Waals surface area contributed by atoms with Crippen LogP contribution in [0, 0.1) is 6.92 Å². The largest absolute Gasteiger partial charge is 0.339 e. The number of amides is 1. The van der Waals surface area contributed by atoms with E-state index in [0.717, 1.165) is 50.2 Å². The average molecular weight is 275 g/mol. The van der Waals surface area contributed by atoms with Crippen molar-refractivity contribution in [3.8, 4) is 0 Å². The summed E-state index contributed by atoms with van der Waals surface area (Å²) in [4.78, 5) is 19.0. The fourth-order valence-corrected chi connectivity index (χ4v) is 2.82. The van der Waals surface area contributed by atoms with Gasteiger partial charge in [-0.3, -0.25) is 9.78 Å². The first-order chi connectivity index (χ1) is 9.72. The molecule has 20 heavy (non-hydrogen) atoms. The zero-order chi connectivity index (χ0) is 14.4. The number of nitrogens with zero attached hydrogens (tertiary/aromatic N) is 2. The highest BCUT2D eigenvalue weighted by Gasteiger charge is 2.25. The molecule has 1 aliphatic heterocycles. The first-order valence-corrected chi connectivity index (χ1v) is 7.63. The maximum atomic E-state index is 12.6. The molecule has 1 N–H and O–H groups in total. The van der Waals surface area contributed by atoms with Crippen molar-refractivity contribution in [2.45, 2.75) is 45.6 Å². The lowest BCUT2D eigenvalue weighted by Gasteiger charge is -2.34. The van der Waals surface area contributed by atoms with Crippen LogP contribution in [0.1, 0.15) is 37.4 Å². The summed E-state index contributed by atoms with van der Waals surface area (Å²) in [5.74, 6) is 0.223. The Morgan fingerprint density at radius 2 is 2.20 bits per heavy atom. The van der Waals surface area contributed by atoms with E-state index in [4.69, 9.17) is 0 Å². The lowest BCUT2D eigenvalue weighted by atomic mass is 10.0. The van der Waals surface area contributed by atoms with Gasteiger partial charge < -0.3 is 10.2 Å². The molecule has 0 aromatic carbocycles. The van der Waals surface area contributed by atoms with Gasteiger partial charge in [-0.2, -0.15) is 0 Å². The second kappa shape index (κ2) is 7.39. The Labute approximate surface area is 121 Å². The third-order valence-electron chi connectivity index (χ3n) is 3.97. The standard InChI is InChI=1S/C16H25N3O/c1-3-11-19(14-6-9-17-10-7-14)16(20)12-15-13(2)5-4-8-18-15/h4-5,8,14,17H,3,6-7,9-12H2,1-2H3. The third kappa shape index (κ3) is 3.79. The van der Waals surface area contributed by atoms with Gasteiger partial charge in [0.05, 0.1) is 12.1 Å². The molecule has 1 aromatic rings. The highest BCUT2D eigenvalue weighted by molar-refractivity contribution is 5.79. The summed E-state index contributed by atoms with van der Waals surface area (Å²) in [6.45, 7) is 7.04. The third-order valence-corrected chi connectivity index (χ3v) is 3.97. The van der Waals surface area contributed by atoms with Gasteiger partial charge in [-0.15, -0.1) is 0 Å². The molecule has 0 atom stereocenters. The minimum Gasteiger partial charge on any atom is -0.339 e. The number of aromatic nitrogens is 1. The Morgan fingerprint density at radius 1 is 1.45 bits per heavy atom. The van der Waals surface area contributed by atoms with Crippen molar-refractivity contribution in [2.24, 2.45) is 0 Å². The van der Waals surface area contributed by atoms with E-state index in [2.05, 4.69) is 22.1 Å². The number of hydrogen-bond acceptors (Lipinski definition) is 3. The topological polar surface area (TPSA) is 45.2 Å². The van der Waals surface area contributed by atoms with Crippen LogP contribution in [0.5, 0.6) is 0 Å². The Balaban J connectivity index is 2.04. The van der Waals surface area contributed by atoms with Crippen molar-refractivity contribution < 1.29 is 4.79 Å². The summed E-state index contributed by atoms with van der Waals surface area (Å²) in [5.41, 5.74) is 2.01. The number of nitrogens with one attached hydrogen (secondary N) is 1. The van der Waals surface area contributed by atoms with E-state index < -0.39 is 0 Å². The van der Waals surface area contributed by atoms with Crippen LogP contribution in [0.3, 0.4) is 0 Å². The highest BCUT2D eigenvalue weighted by Crippen LogP contribution is 2.15. The number of carbonyl (C=O) groups is 1. The Hall–Kier alpha value is -1.42. The number of rotatable bonds is 5. The predicted octanol–water partition coefficient (Wildman–Crippen LogP) is 1.92. The van der Waals surface area contributed by atoms with E-state index in [1.807, 2.05) is 19.1 Å². The van der Waals surface area contributed by atoms with Crippen molar-refractivity contribution >= 4 is 5.91 Å². The van der Waals surface area contributed by atoms with Gasteiger partial charge in [0.2, 0.25) is 5.91 Å². The molecule has 2 heterocycles. The van der Waals surface area contributed by atoms with Crippen LogP contribution >= 0.6 is 0 Å². The van der Waals surface area contributed by atoms with Gasteiger partial charge in [0, 0.05) is 18.8 Å². The molecule has 2 rings (SSSR count). The predicted molar refractivity (Wildman–Crippen MR) is 80.6 cm³/mol. The molecule has 110 valence electrons. The molecule has 4 heteroatoms. The number of pyridine rings is 1. The van der Waals surface area contributed by atoms with Crippen molar-refractivity contribution in [3.63, 3.8) is 0 Å². The molecule has 1 amide bonds.